The lowest BCUT2D eigenvalue weighted by Gasteiger charge is -2.20. The summed E-state index contributed by atoms with van der Waals surface area (Å²) in [5, 5.41) is 8.46. The second-order valence-electron chi connectivity index (χ2n) is 4.42. The van der Waals surface area contributed by atoms with Gasteiger partial charge in [-0.2, -0.15) is 5.10 Å². The van der Waals surface area contributed by atoms with Gasteiger partial charge in [0, 0.05) is 39.5 Å². The average molecular weight is 363 g/mol. The predicted molar refractivity (Wildman–Crippen MR) is 88.8 cm³/mol. The summed E-state index contributed by atoms with van der Waals surface area (Å²) in [7, 11) is 1.97. The van der Waals surface area contributed by atoms with Crippen molar-refractivity contribution in [2.75, 3.05) is 26.8 Å². The maximum Gasteiger partial charge on any atom is 0.169 e. The highest BCUT2D eigenvalue weighted by molar-refractivity contribution is 9.10. The molecule has 0 bridgehead atoms. The number of hydrogen-bond acceptors (Lipinski definition) is 3. The van der Waals surface area contributed by atoms with Crippen molar-refractivity contribution in [3.8, 4) is 0 Å². The first kappa shape index (κ1) is 17.4. The van der Waals surface area contributed by atoms with E-state index < -0.39 is 0 Å². The third-order valence-electron chi connectivity index (χ3n) is 2.79. The van der Waals surface area contributed by atoms with E-state index in [9.17, 15) is 0 Å². The van der Waals surface area contributed by atoms with Crippen LogP contribution in [0.5, 0.6) is 0 Å². The van der Waals surface area contributed by atoms with E-state index in [0.29, 0.717) is 6.54 Å². The molecule has 0 aliphatic rings. The SMILES string of the molecule is CCOCCCNC(=S)N(C)Cc1nn(CC)cc1Br. The molecule has 0 aliphatic carbocycles. The molecule has 0 unspecified atom stereocenters. The van der Waals surface area contributed by atoms with E-state index in [1.807, 2.05) is 29.7 Å². The van der Waals surface area contributed by atoms with Gasteiger partial charge in [-0.15, -0.1) is 0 Å². The maximum atomic E-state index is 5.36. The molecule has 7 heteroatoms. The Hall–Kier alpha value is -0.660. The van der Waals surface area contributed by atoms with Crippen LogP contribution in [0, 0.1) is 0 Å². The van der Waals surface area contributed by atoms with Gasteiger partial charge in [-0.25, -0.2) is 0 Å². The minimum absolute atomic E-state index is 0.685. The number of hydrogen-bond donors (Lipinski definition) is 1. The van der Waals surface area contributed by atoms with Crippen molar-refractivity contribution in [2.45, 2.75) is 33.4 Å². The summed E-state index contributed by atoms with van der Waals surface area (Å²) in [6, 6.07) is 0. The van der Waals surface area contributed by atoms with Gasteiger partial charge < -0.3 is 15.0 Å². The smallest absolute Gasteiger partial charge is 0.169 e. The fourth-order valence-electron chi connectivity index (χ4n) is 1.65. The molecule has 1 aromatic rings. The van der Waals surface area contributed by atoms with Gasteiger partial charge in [-0.05, 0) is 48.4 Å². The van der Waals surface area contributed by atoms with E-state index in [1.165, 1.54) is 0 Å². The Bertz CT molecular complexity index is 425. The minimum atomic E-state index is 0.685. The highest BCUT2D eigenvalue weighted by atomic mass is 79.9. The highest BCUT2D eigenvalue weighted by Crippen LogP contribution is 2.16. The molecule has 0 amide bonds. The van der Waals surface area contributed by atoms with Gasteiger partial charge in [0.2, 0.25) is 0 Å². The fraction of sp³-hybridized carbons (Fsp3) is 0.692. The van der Waals surface area contributed by atoms with E-state index in [2.05, 4.69) is 33.3 Å². The molecular formula is C13H23BrN4OS. The topological polar surface area (TPSA) is 42.3 Å². The summed E-state index contributed by atoms with van der Waals surface area (Å²) in [4.78, 5) is 1.99. The molecular weight excluding hydrogens is 340 g/mol. The first-order chi connectivity index (χ1) is 9.58. The van der Waals surface area contributed by atoms with E-state index in [0.717, 1.165) is 48.0 Å². The van der Waals surface area contributed by atoms with Crippen molar-refractivity contribution >= 4 is 33.3 Å². The molecule has 0 saturated carbocycles. The number of aromatic nitrogens is 2. The quantitative estimate of drug-likeness (QED) is 0.568. The molecule has 1 rings (SSSR count). The summed E-state index contributed by atoms with van der Waals surface area (Å²) in [6.07, 6.45) is 2.94. The Morgan fingerprint density at radius 1 is 1.55 bits per heavy atom. The number of thiocarbonyl (C=S) groups is 1. The third-order valence-corrected chi connectivity index (χ3v) is 3.91. The van der Waals surface area contributed by atoms with E-state index in [4.69, 9.17) is 17.0 Å². The second-order valence-corrected chi connectivity index (χ2v) is 5.66. The van der Waals surface area contributed by atoms with Gasteiger partial charge in [0.25, 0.3) is 0 Å². The number of ether oxygens (including phenoxy) is 1. The number of nitrogens with one attached hydrogen (secondary N) is 1. The van der Waals surface area contributed by atoms with Crippen molar-refractivity contribution in [3.05, 3.63) is 16.4 Å². The lowest BCUT2D eigenvalue weighted by atomic mass is 10.4. The molecule has 0 aromatic carbocycles. The molecule has 114 valence electrons. The van der Waals surface area contributed by atoms with Crippen LogP contribution in [-0.4, -0.2) is 46.6 Å². The van der Waals surface area contributed by atoms with Gasteiger partial charge in [-0.3, -0.25) is 4.68 Å². The van der Waals surface area contributed by atoms with Gasteiger partial charge in [-0.1, -0.05) is 0 Å². The first-order valence-electron chi connectivity index (χ1n) is 6.87. The van der Waals surface area contributed by atoms with Crippen LogP contribution in [0.25, 0.3) is 0 Å². The predicted octanol–water partition coefficient (Wildman–Crippen LogP) is 2.40. The Morgan fingerprint density at radius 3 is 2.90 bits per heavy atom. The van der Waals surface area contributed by atoms with E-state index in [1.54, 1.807) is 0 Å². The van der Waals surface area contributed by atoms with Crippen LogP contribution in [0.1, 0.15) is 26.0 Å². The van der Waals surface area contributed by atoms with E-state index in [-0.39, 0.29) is 0 Å². The normalized spacial score (nSPS) is 10.6. The highest BCUT2D eigenvalue weighted by Gasteiger charge is 2.10. The maximum absolute atomic E-state index is 5.36. The lowest BCUT2D eigenvalue weighted by Crippen LogP contribution is -2.37. The third kappa shape index (κ3) is 5.76. The van der Waals surface area contributed by atoms with Crippen molar-refractivity contribution in [1.82, 2.24) is 20.0 Å². The van der Waals surface area contributed by atoms with Crippen LogP contribution in [0.3, 0.4) is 0 Å². The van der Waals surface area contributed by atoms with Gasteiger partial charge in [0.1, 0.15) is 0 Å². The Morgan fingerprint density at radius 2 is 2.30 bits per heavy atom. The molecule has 5 nitrogen and oxygen atoms in total. The standard InChI is InChI=1S/C13H23BrN4OS/c1-4-18-9-11(14)12(16-18)10-17(3)13(20)15-7-6-8-19-5-2/h9H,4-8,10H2,1-3H3,(H,15,20). The first-order valence-corrected chi connectivity index (χ1v) is 8.07. The fourth-order valence-corrected chi connectivity index (χ4v) is 2.26. The van der Waals surface area contributed by atoms with Crippen LogP contribution in [0.2, 0.25) is 0 Å². The van der Waals surface area contributed by atoms with Gasteiger partial charge in [0.05, 0.1) is 16.7 Å². The van der Waals surface area contributed by atoms with Crippen LogP contribution in [0.4, 0.5) is 0 Å². The molecule has 0 fully saturated rings. The summed E-state index contributed by atoms with van der Waals surface area (Å²) >= 11 is 8.88. The largest absolute Gasteiger partial charge is 0.382 e. The summed E-state index contributed by atoms with van der Waals surface area (Å²) in [5.74, 6) is 0. The zero-order chi connectivity index (χ0) is 15.0. The summed E-state index contributed by atoms with van der Waals surface area (Å²) < 4.78 is 8.21. The molecule has 0 atom stereocenters. The number of aryl methyl sites for hydroxylation is 1. The monoisotopic (exact) mass is 362 g/mol. The summed E-state index contributed by atoms with van der Waals surface area (Å²) in [5.41, 5.74) is 0.993. The molecule has 1 N–H and O–H groups in total. The zero-order valence-electron chi connectivity index (χ0n) is 12.4. The molecule has 0 radical (unpaired) electrons. The van der Waals surface area contributed by atoms with Crippen molar-refractivity contribution < 1.29 is 4.74 Å². The second kappa shape index (κ2) is 9.31. The number of nitrogens with zero attached hydrogens (tertiary/aromatic N) is 3. The van der Waals surface area contributed by atoms with E-state index >= 15 is 0 Å². The van der Waals surface area contributed by atoms with Crippen molar-refractivity contribution in [2.24, 2.45) is 0 Å². The Kier molecular flexibility index (Phi) is 8.09. The van der Waals surface area contributed by atoms with Gasteiger partial charge >= 0.3 is 0 Å². The Labute approximate surface area is 134 Å². The average Bonchev–Trinajstić information content (AvgIpc) is 2.79. The molecule has 0 aliphatic heterocycles. The molecule has 0 saturated heterocycles. The molecule has 20 heavy (non-hydrogen) atoms. The van der Waals surface area contributed by atoms with Crippen LogP contribution in [-0.2, 0) is 17.8 Å². The van der Waals surface area contributed by atoms with Crippen LogP contribution >= 0.6 is 28.1 Å². The summed E-state index contributed by atoms with van der Waals surface area (Å²) in [6.45, 7) is 7.97. The van der Waals surface area contributed by atoms with Crippen molar-refractivity contribution in [1.29, 1.82) is 0 Å². The number of halogens is 1. The molecule has 1 aromatic heterocycles. The molecule has 1 heterocycles. The van der Waals surface area contributed by atoms with Crippen molar-refractivity contribution in [3.63, 3.8) is 0 Å². The zero-order valence-corrected chi connectivity index (χ0v) is 14.8. The van der Waals surface area contributed by atoms with Crippen LogP contribution < -0.4 is 5.32 Å². The lowest BCUT2D eigenvalue weighted by molar-refractivity contribution is 0.145. The molecule has 0 spiro atoms. The van der Waals surface area contributed by atoms with Gasteiger partial charge in [0.15, 0.2) is 5.11 Å². The Balaban J connectivity index is 2.35. The van der Waals surface area contributed by atoms with Crippen LogP contribution in [0.15, 0.2) is 10.7 Å². The number of rotatable bonds is 8. The minimum Gasteiger partial charge on any atom is -0.382 e.